The molecule has 0 spiro atoms. The molecule has 0 unspecified atom stereocenters. The highest BCUT2D eigenvalue weighted by Gasteiger charge is 2.20. The quantitative estimate of drug-likeness (QED) is 0.606. The molecule has 0 bridgehead atoms. The number of rotatable bonds is 4. The number of carbonyl (C=O) groups is 1. The summed E-state index contributed by atoms with van der Waals surface area (Å²) in [5.74, 6) is 0.473. The summed E-state index contributed by atoms with van der Waals surface area (Å²) in [6.45, 7) is 0. The molecule has 1 aromatic heterocycles. The van der Waals surface area contributed by atoms with Gasteiger partial charge in [0.2, 0.25) is 0 Å². The number of hydrogen-bond acceptors (Lipinski definition) is 5. The summed E-state index contributed by atoms with van der Waals surface area (Å²) < 4.78 is 40.0. The van der Waals surface area contributed by atoms with Gasteiger partial charge in [-0.1, -0.05) is 36.4 Å². The van der Waals surface area contributed by atoms with E-state index in [1.165, 1.54) is 0 Å². The molecule has 7 nitrogen and oxygen atoms in total. The highest BCUT2D eigenvalue weighted by Crippen LogP contribution is 2.28. The van der Waals surface area contributed by atoms with Crippen molar-refractivity contribution >= 4 is 5.97 Å². The van der Waals surface area contributed by atoms with E-state index in [9.17, 15) is 4.79 Å². The molecular weight excluding hydrogens is 376 g/mol. The molecule has 3 rings (SSSR count). The van der Waals surface area contributed by atoms with E-state index in [1.54, 1.807) is 12.1 Å². The molecule has 0 saturated carbocycles. The molecule has 0 amide bonds. The largest absolute Gasteiger partial charge is 0.481 e. The van der Waals surface area contributed by atoms with E-state index >= 15 is 0 Å². The second-order valence-corrected chi connectivity index (χ2v) is 6.13. The van der Waals surface area contributed by atoms with Crippen molar-refractivity contribution in [2.45, 2.75) is 6.42 Å². The van der Waals surface area contributed by atoms with Crippen LogP contribution in [0.4, 0.5) is 0 Å². The third-order valence-corrected chi connectivity index (χ3v) is 3.32. The summed E-state index contributed by atoms with van der Waals surface area (Å²) in [7, 11) is -4.94. The van der Waals surface area contributed by atoms with Crippen LogP contribution < -0.4 is 18.6 Å². The van der Waals surface area contributed by atoms with Gasteiger partial charge < -0.3 is 5.11 Å². The zero-order valence-corrected chi connectivity index (χ0v) is 14.7. The molecule has 0 radical (unpaired) electrons. The Morgan fingerprint density at radius 1 is 0.815 bits per heavy atom. The van der Waals surface area contributed by atoms with Crippen LogP contribution in [0.1, 0.15) is 5.56 Å². The number of aliphatic carboxylic acids is 1. The van der Waals surface area contributed by atoms with E-state index in [4.69, 9.17) is 28.2 Å². The summed E-state index contributed by atoms with van der Waals surface area (Å²) in [4.78, 5) is 11.0. The molecule has 0 aliphatic carbocycles. The second kappa shape index (κ2) is 9.22. The van der Waals surface area contributed by atoms with Crippen molar-refractivity contribution in [3.05, 3.63) is 78.4 Å². The standard InChI is InChI=1S/C19H14O3.ClHO4/c20-19(21)13-14-11-17(15-7-3-1-4-8-15)22-18(12-14)16-9-5-2-6-10-16;2-1(3,4)5/h1-12H,13H2;(H,2,3,4,5). The third kappa shape index (κ3) is 7.53. The minimum absolute atomic E-state index is 0.0317. The fourth-order valence-corrected chi connectivity index (χ4v) is 2.32. The van der Waals surface area contributed by atoms with Crippen molar-refractivity contribution in [1.29, 1.82) is 0 Å². The van der Waals surface area contributed by atoms with Gasteiger partial charge in [0.05, 0.1) is 17.5 Å². The van der Waals surface area contributed by atoms with Gasteiger partial charge in [-0.25, -0.2) is 23.1 Å². The Labute approximate surface area is 157 Å². The van der Waals surface area contributed by atoms with E-state index in [0.29, 0.717) is 11.5 Å². The average Bonchev–Trinajstić information content (AvgIpc) is 2.61. The summed E-state index contributed by atoms with van der Waals surface area (Å²) in [6.07, 6.45) is -0.0317. The van der Waals surface area contributed by atoms with Crippen LogP contribution in [0.25, 0.3) is 22.6 Å². The van der Waals surface area contributed by atoms with Crippen molar-refractivity contribution in [1.82, 2.24) is 0 Å². The fourth-order valence-electron chi connectivity index (χ4n) is 2.32. The van der Waals surface area contributed by atoms with Crippen LogP contribution in [0.15, 0.2) is 77.2 Å². The maximum Gasteiger partial charge on any atom is 0.361 e. The van der Waals surface area contributed by atoms with Gasteiger partial charge in [0.15, 0.2) is 0 Å². The molecule has 140 valence electrons. The van der Waals surface area contributed by atoms with E-state index in [-0.39, 0.29) is 6.42 Å². The van der Waals surface area contributed by atoms with Crippen molar-refractivity contribution in [2.24, 2.45) is 0 Å². The summed E-state index contributed by atoms with van der Waals surface area (Å²) in [5, 5.41) is 9.06. The van der Waals surface area contributed by atoms with Crippen LogP contribution in [-0.2, 0) is 11.2 Å². The van der Waals surface area contributed by atoms with Crippen LogP contribution in [-0.4, -0.2) is 11.1 Å². The van der Waals surface area contributed by atoms with E-state index in [0.717, 1.165) is 16.7 Å². The lowest BCUT2D eigenvalue weighted by Gasteiger charge is -2.17. The topological polar surface area (TPSA) is 141 Å². The number of halogens is 1. The molecule has 0 aliphatic rings. The maximum absolute atomic E-state index is 11.0. The Kier molecular flexibility index (Phi) is 7.00. The van der Waals surface area contributed by atoms with Gasteiger partial charge in [-0.05, 0) is 29.8 Å². The van der Waals surface area contributed by atoms with Crippen LogP contribution in [0.3, 0.4) is 0 Å². The minimum atomic E-state index is -4.94. The lowest BCUT2D eigenvalue weighted by Crippen LogP contribution is -2.68. The highest BCUT2D eigenvalue weighted by atomic mass is 35.7. The van der Waals surface area contributed by atoms with Gasteiger partial charge in [0.1, 0.15) is 0 Å². The van der Waals surface area contributed by atoms with Gasteiger partial charge in [0, 0.05) is 12.1 Å². The van der Waals surface area contributed by atoms with Gasteiger partial charge in [-0.15, -0.1) is 10.2 Å². The predicted octanol–water partition coefficient (Wildman–Crippen LogP) is -0.234. The maximum atomic E-state index is 11.0. The Bertz CT molecular complexity index is 814. The number of carboxylic acids is 1. The van der Waals surface area contributed by atoms with Crippen LogP contribution in [0.5, 0.6) is 0 Å². The second-order valence-electron chi connectivity index (χ2n) is 5.37. The highest BCUT2D eigenvalue weighted by molar-refractivity contribution is 5.72. The van der Waals surface area contributed by atoms with Gasteiger partial charge in [0.25, 0.3) is 0 Å². The zero-order valence-electron chi connectivity index (χ0n) is 13.9. The molecule has 0 fully saturated rings. The first-order valence-corrected chi connectivity index (χ1v) is 8.87. The molecule has 1 N–H and O–H groups in total. The summed E-state index contributed by atoms with van der Waals surface area (Å²) in [6, 6.07) is 22.9. The molecule has 1 heterocycles. The monoisotopic (exact) mass is 390 g/mol. The van der Waals surface area contributed by atoms with Crippen molar-refractivity contribution in [2.75, 3.05) is 0 Å². The number of benzene rings is 2. The van der Waals surface area contributed by atoms with Crippen LogP contribution in [0, 0.1) is 10.2 Å². The first-order valence-electron chi connectivity index (χ1n) is 7.64. The van der Waals surface area contributed by atoms with Gasteiger partial charge in [-0.3, -0.25) is 4.79 Å². The predicted molar refractivity (Wildman–Crippen MR) is 85.3 cm³/mol. The van der Waals surface area contributed by atoms with E-state index in [1.807, 2.05) is 60.7 Å². The van der Waals surface area contributed by atoms with Crippen LogP contribution in [0.2, 0.25) is 0 Å². The zero-order chi connectivity index (χ0) is 19.9. The Balaban J connectivity index is 0.000000465. The Morgan fingerprint density at radius 2 is 1.19 bits per heavy atom. The first-order chi connectivity index (χ1) is 12.7. The lowest BCUT2D eigenvalue weighted by molar-refractivity contribution is -2.00. The molecule has 0 aliphatic heterocycles. The summed E-state index contributed by atoms with van der Waals surface area (Å²) in [5.41, 5.74) is 2.57. The van der Waals surface area contributed by atoms with E-state index in [2.05, 4.69) is 0 Å². The molecule has 8 heteroatoms. The molecule has 3 aromatic rings. The smallest absolute Gasteiger partial charge is 0.361 e. The fraction of sp³-hybridized carbons (Fsp3) is 0.0526. The van der Waals surface area contributed by atoms with Gasteiger partial charge in [-0.2, -0.15) is 0 Å². The lowest BCUT2D eigenvalue weighted by atomic mass is 10.1. The van der Waals surface area contributed by atoms with Crippen molar-refractivity contribution < 1.29 is 43.2 Å². The third-order valence-electron chi connectivity index (χ3n) is 3.32. The van der Waals surface area contributed by atoms with Crippen molar-refractivity contribution in [3.63, 3.8) is 0 Å². The number of hydrogen-bond donors (Lipinski definition) is 1. The molecule has 27 heavy (non-hydrogen) atoms. The van der Waals surface area contributed by atoms with Crippen LogP contribution >= 0.6 is 0 Å². The SMILES string of the molecule is O=C(O)Cc1cc(-c2ccccc2)[o+]c(-c2ccccc2)c1.[O-][Cl+3]([O-])([O-])[O-]. The average molecular weight is 391 g/mol. The summed E-state index contributed by atoms with van der Waals surface area (Å²) >= 11 is 0. The Hall–Kier alpha value is -2.81. The molecule has 0 saturated heterocycles. The first kappa shape index (κ1) is 20.5. The molecular formula is C19H15ClO7. The Morgan fingerprint density at radius 3 is 1.52 bits per heavy atom. The normalized spacial score (nSPS) is 10.7. The minimum Gasteiger partial charge on any atom is -0.481 e. The van der Waals surface area contributed by atoms with E-state index < -0.39 is 16.2 Å². The molecule has 0 atom stereocenters. The van der Waals surface area contributed by atoms with Crippen molar-refractivity contribution in [3.8, 4) is 22.6 Å². The number of carboxylic acid groups (broad SMARTS) is 1. The van der Waals surface area contributed by atoms with Gasteiger partial charge >= 0.3 is 17.5 Å². The molecule has 2 aromatic carbocycles.